The van der Waals surface area contributed by atoms with Crippen molar-refractivity contribution in [1.82, 2.24) is 9.55 Å². The van der Waals surface area contributed by atoms with Gasteiger partial charge in [-0.25, -0.2) is 13.4 Å². The highest BCUT2D eigenvalue weighted by Crippen LogP contribution is 2.27. The maximum absolute atomic E-state index is 13.4. The van der Waals surface area contributed by atoms with E-state index < -0.39 is 20.6 Å². The molecular formula is C25H22Cl2N2O3S2. The van der Waals surface area contributed by atoms with Gasteiger partial charge >= 0.3 is 0 Å². The lowest BCUT2D eigenvalue weighted by atomic mass is 10.1. The summed E-state index contributed by atoms with van der Waals surface area (Å²) in [7, 11) is -4.80. The summed E-state index contributed by atoms with van der Waals surface area (Å²) in [5, 5.41) is 0.832. The topological polar surface area (TPSA) is 69.0 Å². The Hall–Kier alpha value is -2.45. The molecule has 0 aliphatic carbocycles. The van der Waals surface area contributed by atoms with Gasteiger partial charge in [0.05, 0.1) is 22.2 Å². The van der Waals surface area contributed by atoms with Gasteiger partial charge in [0.15, 0.2) is 9.84 Å². The molecule has 1 heterocycles. The van der Waals surface area contributed by atoms with Crippen LogP contribution in [0.1, 0.15) is 21.9 Å². The molecule has 4 rings (SSSR count). The average Bonchev–Trinajstić information content (AvgIpc) is 3.34. The fourth-order valence-electron chi connectivity index (χ4n) is 3.55. The molecule has 2 unspecified atom stereocenters. The molecule has 0 bridgehead atoms. The van der Waals surface area contributed by atoms with Crippen LogP contribution in [0.4, 0.5) is 0 Å². The van der Waals surface area contributed by atoms with Crippen molar-refractivity contribution in [3.8, 4) is 0 Å². The van der Waals surface area contributed by atoms with E-state index in [2.05, 4.69) is 4.98 Å². The third-order valence-electron chi connectivity index (χ3n) is 5.36. The Labute approximate surface area is 211 Å². The van der Waals surface area contributed by atoms with E-state index in [1.165, 1.54) is 0 Å². The van der Waals surface area contributed by atoms with Gasteiger partial charge in [-0.1, -0.05) is 59.6 Å². The molecule has 0 radical (unpaired) electrons. The monoisotopic (exact) mass is 532 g/mol. The molecule has 4 aromatic rings. The SMILES string of the molecule is O=S(Cc1ccc(Cl)cc1)C(Cn1ccnc1)c1ccc(S(=O)(=O)Cc2ccc(Cl)cc2)cc1. The number of rotatable bonds is 9. The first-order chi connectivity index (χ1) is 16.3. The van der Waals surface area contributed by atoms with Crippen molar-refractivity contribution < 1.29 is 12.6 Å². The molecule has 0 aliphatic heterocycles. The summed E-state index contributed by atoms with van der Waals surface area (Å²) < 4.78 is 41.1. The summed E-state index contributed by atoms with van der Waals surface area (Å²) in [6.45, 7) is 0.455. The predicted octanol–water partition coefficient (Wildman–Crippen LogP) is 5.85. The lowest BCUT2D eigenvalue weighted by Crippen LogP contribution is -2.15. The third kappa shape index (κ3) is 6.36. The van der Waals surface area contributed by atoms with Crippen molar-refractivity contribution >= 4 is 43.8 Å². The zero-order valence-corrected chi connectivity index (χ0v) is 21.2. The second kappa shape index (κ2) is 10.9. The zero-order valence-electron chi connectivity index (χ0n) is 18.1. The van der Waals surface area contributed by atoms with Gasteiger partial charge in [-0.2, -0.15) is 0 Å². The molecule has 0 N–H and O–H groups in total. The molecule has 5 nitrogen and oxygen atoms in total. The summed E-state index contributed by atoms with van der Waals surface area (Å²) in [5.74, 6) is 0.234. The number of nitrogens with zero attached hydrogens (tertiary/aromatic N) is 2. The summed E-state index contributed by atoms with van der Waals surface area (Å²) in [6, 6.07) is 20.7. The Morgan fingerprint density at radius 1 is 0.853 bits per heavy atom. The van der Waals surface area contributed by atoms with E-state index in [0.29, 0.717) is 27.9 Å². The second-order valence-corrected chi connectivity index (χ2v) is 12.3. The first-order valence-corrected chi connectivity index (χ1v) is 14.2. The molecule has 0 aliphatic rings. The van der Waals surface area contributed by atoms with Crippen LogP contribution in [0.15, 0.2) is 96.4 Å². The summed E-state index contributed by atoms with van der Waals surface area (Å²) >= 11 is 11.9. The van der Waals surface area contributed by atoms with Crippen LogP contribution in [0.2, 0.25) is 10.0 Å². The number of imidazole rings is 1. The number of aromatic nitrogens is 2. The van der Waals surface area contributed by atoms with Crippen LogP contribution in [0.25, 0.3) is 0 Å². The highest BCUT2D eigenvalue weighted by Gasteiger charge is 2.22. The summed E-state index contributed by atoms with van der Waals surface area (Å²) in [4.78, 5) is 4.29. The maximum atomic E-state index is 13.4. The fourth-order valence-corrected chi connectivity index (χ4v) is 6.67. The first-order valence-electron chi connectivity index (χ1n) is 10.4. The van der Waals surface area contributed by atoms with Gasteiger partial charge < -0.3 is 4.57 Å². The lowest BCUT2D eigenvalue weighted by molar-refractivity contribution is 0.595. The van der Waals surface area contributed by atoms with E-state index in [1.807, 2.05) is 22.9 Å². The normalized spacial score (nSPS) is 13.5. The molecule has 3 aromatic carbocycles. The van der Waals surface area contributed by atoms with Crippen LogP contribution in [-0.4, -0.2) is 22.2 Å². The van der Waals surface area contributed by atoms with Crippen molar-refractivity contribution in [2.24, 2.45) is 0 Å². The predicted molar refractivity (Wildman–Crippen MR) is 137 cm³/mol. The van der Waals surface area contributed by atoms with Gasteiger partial charge in [0.1, 0.15) is 0 Å². The molecule has 176 valence electrons. The standard InChI is InChI=1S/C25H22Cl2N2O3S2/c26-22-7-1-19(2-8-22)16-33(30)25(15-29-14-13-28-18-29)21-5-11-24(12-6-21)34(31,32)17-20-3-9-23(27)10-4-20/h1-14,18,25H,15-17H2. The zero-order chi connectivity index (χ0) is 24.1. The number of halogens is 2. The lowest BCUT2D eigenvalue weighted by Gasteiger charge is -2.18. The van der Waals surface area contributed by atoms with Crippen molar-refractivity contribution in [3.05, 3.63) is 118 Å². The van der Waals surface area contributed by atoms with Crippen molar-refractivity contribution in [1.29, 1.82) is 0 Å². The molecular weight excluding hydrogens is 511 g/mol. The van der Waals surface area contributed by atoms with Crippen LogP contribution in [0, 0.1) is 0 Å². The van der Waals surface area contributed by atoms with Crippen molar-refractivity contribution in [2.45, 2.75) is 28.2 Å². The van der Waals surface area contributed by atoms with Gasteiger partial charge in [0, 0.05) is 45.5 Å². The van der Waals surface area contributed by atoms with E-state index in [-0.39, 0.29) is 15.9 Å². The van der Waals surface area contributed by atoms with Crippen molar-refractivity contribution in [2.75, 3.05) is 0 Å². The third-order valence-corrected chi connectivity index (χ3v) is 9.24. The molecule has 0 saturated carbocycles. The van der Waals surface area contributed by atoms with E-state index in [9.17, 15) is 12.6 Å². The van der Waals surface area contributed by atoms with E-state index >= 15 is 0 Å². The second-order valence-electron chi connectivity index (χ2n) is 7.85. The van der Waals surface area contributed by atoms with Crippen LogP contribution in [-0.2, 0) is 38.7 Å². The Morgan fingerprint density at radius 2 is 1.44 bits per heavy atom. The van der Waals surface area contributed by atoms with Crippen LogP contribution < -0.4 is 0 Å². The van der Waals surface area contributed by atoms with Gasteiger partial charge in [0.25, 0.3) is 0 Å². The summed E-state index contributed by atoms with van der Waals surface area (Å²) in [6.07, 6.45) is 5.17. The van der Waals surface area contributed by atoms with Gasteiger partial charge in [-0.15, -0.1) is 0 Å². The van der Waals surface area contributed by atoms with E-state index in [1.54, 1.807) is 73.2 Å². The molecule has 0 spiro atoms. The van der Waals surface area contributed by atoms with Gasteiger partial charge in [-0.3, -0.25) is 4.21 Å². The quantitative estimate of drug-likeness (QED) is 0.271. The van der Waals surface area contributed by atoms with Crippen molar-refractivity contribution in [3.63, 3.8) is 0 Å². The Balaban J connectivity index is 1.56. The summed E-state index contributed by atoms with van der Waals surface area (Å²) in [5.41, 5.74) is 2.38. The van der Waals surface area contributed by atoms with Crippen LogP contribution in [0.3, 0.4) is 0 Å². The largest absolute Gasteiger partial charge is 0.336 e. The molecule has 2 atom stereocenters. The highest BCUT2D eigenvalue weighted by atomic mass is 35.5. The smallest absolute Gasteiger partial charge is 0.182 e. The minimum atomic E-state index is -3.54. The molecule has 34 heavy (non-hydrogen) atoms. The highest BCUT2D eigenvalue weighted by molar-refractivity contribution is 7.90. The molecule has 0 saturated heterocycles. The Morgan fingerprint density at radius 3 is 2.00 bits per heavy atom. The fraction of sp³-hybridized carbons (Fsp3) is 0.160. The number of benzene rings is 3. The van der Waals surface area contributed by atoms with E-state index in [0.717, 1.165) is 11.1 Å². The average molecular weight is 534 g/mol. The Bertz CT molecular complexity index is 1360. The molecule has 9 heteroatoms. The molecule has 1 aromatic heterocycles. The first kappa shape index (κ1) is 24.7. The number of hydrogen-bond donors (Lipinski definition) is 0. The van der Waals surface area contributed by atoms with Crippen LogP contribution >= 0.6 is 23.2 Å². The van der Waals surface area contributed by atoms with Crippen LogP contribution in [0.5, 0.6) is 0 Å². The molecule has 0 fully saturated rings. The minimum absolute atomic E-state index is 0.121. The maximum Gasteiger partial charge on any atom is 0.182 e. The number of hydrogen-bond acceptors (Lipinski definition) is 4. The molecule has 0 amide bonds. The van der Waals surface area contributed by atoms with Gasteiger partial charge in [-0.05, 0) is 53.1 Å². The Kier molecular flexibility index (Phi) is 7.88. The number of sulfone groups is 1. The van der Waals surface area contributed by atoms with E-state index in [4.69, 9.17) is 23.2 Å². The van der Waals surface area contributed by atoms with Gasteiger partial charge in [0.2, 0.25) is 0 Å². The minimum Gasteiger partial charge on any atom is -0.336 e.